The highest BCUT2D eigenvalue weighted by Gasteiger charge is 2.08. The molecule has 8 N–H and O–H groups in total. The number of nitrogens with two attached hydrogens (primary N) is 3. The van der Waals surface area contributed by atoms with Crippen molar-refractivity contribution < 1.29 is 0 Å². The van der Waals surface area contributed by atoms with E-state index in [0.29, 0.717) is 23.3 Å². The van der Waals surface area contributed by atoms with Gasteiger partial charge in [-0.15, -0.1) is 0 Å². The lowest BCUT2D eigenvalue weighted by molar-refractivity contribution is 1.07. The van der Waals surface area contributed by atoms with E-state index in [2.05, 4.69) is 35.6 Å². The quantitative estimate of drug-likeness (QED) is 0.297. The molecule has 10 heteroatoms. The van der Waals surface area contributed by atoms with Gasteiger partial charge in [0.2, 0.25) is 17.8 Å². The first-order valence-corrected chi connectivity index (χ1v) is 9.39. The van der Waals surface area contributed by atoms with Gasteiger partial charge in [-0.2, -0.15) is 15.0 Å². The van der Waals surface area contributed by atoms with E-state index in [1.165, 1.54) is 0 Å². The highest BCUT2D eigenvalue weighted by atomic mass is 15.2. The molecule has 3 heterocycles. The highest BCUT2D eigenvalue weighted by Crippen LogP contribution is 2.26. The second kappa shape index (κ2) is 7.26. The average molecular weight is 410 g/mol. The van der Waals surface area contributed by atoms with Gasteiger partial charge in [-0.3, -0.25) is 9.97 Å². The van der Waals surface area contributed by atoms with Crippen molar-refractivity contribution >= 4 is 62.4 Å². The third kappa shape index (κ3) is 3.65. The van der Waals surface area contributed by atoms with Gasteiger partial charge >= 0.3 is 0 Å². The topological polar surface area (TPSA) is 167 Å². The molecule has 152 valence electrons. The van der Waals surface area contributed by atoms with Crippen LogP contribution in [0.15, 0.2) is 60.9 Å². The zero-order chi connectivity index (χ0) is 21.4. The van der Waals surface area contributed by atoms with Crippen molar-refractivity contribution in [3.63, 3.8) is 0 Å². The molecule has 5 aromatic rings. The molecule has 0 atom stereocenters. The molecule has 0 saturated carbocycles. The van der Waals surface area contributed by atoms with Crippen LogP contribution in [-0.2, 0) is 0 Å². The fraction of sp³-hybridized carbons (Fsp3) is 0. The van der Waals surface area contributed by atoms with Crippen LogP contribution in [0, 0.1) is 0 Å². The number of hydrogen-bond acceptors (Lipinski definition) is 10. The lowest BCUT2D eigenvalue weighted by Crippen LogP contribution is -2.07. The number of pyridine rings is 2. The molecule has 0 aliphatic rings. The van der Waals surface area contributed by atoms with E-state index < -0.39 is 0 Å². The van der Waals surface area contributed by atoms with Crippen molar-refractivity contribution in [2.75, 3.05) is 27.8 Å². The van der Waals surface area contributed by atoms with Gasteiger partial charge in [-0.1, -0.05) is 0 Å². The summed E-state index contributed by atoms with van der Waals surface area (Å²) in [6.07, 6.45) is 3.34. The molecule has 5 rings (SSSR count). The van der Waals surface area contributed by atoms with Crippen molar-refractivity contribution in [3.8, 4) is 0 Å². The minimum Gasteiger partial charge on any atom is -0.398 e. The third-order valence-corrected chi connectivity index (χ3v) is 4.72. The molecule has 0 radical (unpaired) electrons. The summed E-state index contributed by atoms with van der Waals surface area (Å²) < 4.78 is 0. The predicted molar refractivity (Wildman–Crippen MR) is 123 cm³/mol. The summed E-state index contributed by atoms with van der Waals surface area (Å²) in [6.45, 7) is 0. The Balaban J connectivity index is 1.44. The zero-order valence-electron chi connectivity index (χ0n) is 16.2. The molecule has 31 heavy (non-hydrogen) atoms. The largest absolute Gasteiger partial charge is 0.398 e. The third-order valence-electron chi connectivity index (χ3n) is 4.72. The normalized spacial score (nSPS) is 11.0. The summed E-state index contributed by atoms with van der Waals surface area (Å²) in [6, 6.07) is 14.7. The molecule has 10 nitrogen and oxygen atoms in total. The van der Waals surface area contributed by atoms with Crippen molar-refractivity contribution in [3.05, 3.63) is 60.9 Å². The monoisotopic (exact) mass is 410 g/mol. The van der Waals surface area contributed by atoms with Crippen LogP contribution in [0.1, 0.15) is 0 Å². The number of nitrogens with zero attached hydrogens (tertiary/aromatic N) is 5. The van der Waals surface area contributed by atoms with Gasteiger partial charge in [0.05, 0.1) is 11.0 Å². The second-order valence-electron chi connectivity index (χ2n) is 6.86. The molecule has 0 bridgehead atoms. The zero-order valence-corrected chi connectivity index (χ0v) is 16.2. The van der Waals surface area contributed by atoms with Crippen LogP contribution in [0.4, 0.5) is 40.6 Å². The first kappa shape index (κ1) is 18.3. The Hall–Kier alpha value is -4.73. The van der Waals surface area contributed by atoms with Gasteiger partial charge in [0, 0.05) is 45.9 Å². The van der Waals surface area contributed by atoms with Crippen LogP contribution in [0.2, 0.25) is 0 Å². The van der Waals surface area contributed by atoms with Gasteiger partial charge in [0.15, 0.2) is 0 Å². The predicted octanol–water partition coefficient (Wildman–Crippen LogP) is 3.20. The van der Waals surface area contributed by atoms with Crippen molar-refractivity contribution in [1.82, 2.24) is 24.9 Å². The van der Waals surface area contributed by atoms with Crippen LogP contribution in [-0.4, -0.2) is 24.9 Å². The fourth-order valence-electron chi connectivity index (χ4n) is 3.25. The summed E-state index contributed by atoms with van der Waals surface area (Å²) in [4.78, 5) is 21.3. The molecule has 0 fully saturated rings. The number of aromatic nitrogens is 5. The maximum Gasteiger partial charge on any atom is 0.233 e. The summed E-state index contributed by atoms with van der Waals surface area (Å²) in [7, 11) is 0. The molecule has 0 aliphatic carbocycles. The van der Waals surface area contributed by atoms with E-state index >= 15 is 0 Å². The Bertz CT molecular complexity index is 1330. The second-order valence-corrected chi connectivity index (χ2v) is 6.86. The molecule has 0 unspecified atom stereocenters. The van der Waals surface area contributed by atoms with Gasteiger partial charge in [-0.05, 0) is 48.5 Å². The number of anilines is 7. The fourth-order valence-corrected chi connectivity index (χ4v) is 3.25. The summed E-state index contributed by atoms with van der Waals surface area (Å²) >= 11 is 0. The van der Waals surface area contributed by atoms with E-state index in [4.69, 9.17) is 17.2 Å². The molecular formula is C21H18N10. The maximum absolute atomic E-state index is 6.05. The Morgan fingerprint density at radius 1 is 0.581 bits per heavy atom. The summed E-state index contributed by atoms with van der Waals surface area (Å²) in [5, 5.41) is 7.92. The molecule has 0 saturated heterocycles. The SMILES string of the molecule is Nc1nc(Nc2ccc3nccc(N)c3c2)nc(Nc2ccc3nccc(N)c3c2)n1. The Morgan fingerprint density at radius 2 is 1.06 bits per heavy atom. The Morgan fingerprint density at radius 3 is 1.55 bits per heavy atom. The molecule has 2 aromatic carbocycles. The van der Waals surface area contributed by atoms with E-state index in [-0.39, 0.29) is 5.95 Å². The number of rotatable bonds is 4. The van der Waals surface area contributed by atoms with Crippen LogP contribution < -0.4 is 27.8 Å². The smallest absolute Gasteiger partial charge is 0.233 e. The van der Waals surface area contributed by atoms with Crippen molar-refractivity contribution in [2.45, 2.75) is 0 Å². The van der Waals surface area contributed by atoms with Crippen LogP contribution in [0.5, 0.6) is 0 Å². The van der Waals surface area contributed by atoms with Crippen LogP contribution in [0.3, 0.4) is 0 Å². The standard InChI is InChI=1S/C21H18N10/c22-15-5-7-25-17-3-1-11(9-13(15)17)27-20-29-19(24)30-21(31-20)28-12-2-4-18-14(10-12)16(23)6-8-26-18/h1-10H,(H2,22,25)(H2,23,26)(H4,24,27,28,29,30,31). The average Bonchev–Trinajstić information content (AvgIpc) is 2.75. The highest BCUT2D eigenvalue weighted by molar-refractivity contribution is 5.93. The van der Waals surface area contributed by atoms with Crippen molar-refractivity contribution in [1.29, 1.82) is 0 Å². The van der Waals surface area contributed by atoms with Gasteiger partial charge in [0.25, 0.3) is 0 Å². The lowest BCUT2D eigenvalue weighted by atomic mass is 10.1. The Labute approximate surface area is 176 Å². The lowest BCUT2D eigenvalue weighted by Gasteiger charge is -2.10. The van der Waals surface area contributed by atoms with Crippen molar-refractivity contribution in [2.24, 2.45) is 0 Å². The van der Waals surface area contributed by atoms with Gasteiger partial charge in [0.1, 0.15) is 0 Å². The molecule has 0 spiro atoms. The molecular weight excluding hydrogens is 392 g/mol. The van der Waals surface area contributed by atoms with E-state index in [9.17, 15) is 0 Å². The minimum atomic E-state index is 0.0731. The van der Waals surface area contributed by atoms with E-state index in [1.807, 2.05) is 36.4 Å². The van der Waals surface area contributed by atoms with E-state index in [1.54, 1.807) is 24.5 Å². The van der Waals surface area contributed by atoms with Gasteiger partial charge < -0.3 is 27.8 Å². The first-order valence-electron chi connectivity index (χ1n) is 9.39. The molecule has 0 aliphatic heterocycles. The number of nitrogen functional groups attached to an aromatic ring is 3. The molecule has 0 amide bonds. The van der Waals surface area contributed by atoms with Gasteiger partial charge in [-0.25, -0.2) is 0 Å². The summed E-state index contributed by atoms with van der Waals surface area (Å²) in [5.74, 6) is 0.654. The number of benzene rings is 2. The summed E-state index contributed by atoms with van der Waals surface area (Å²) in [5.41, 5.74) is 22.4. The Kier molecular flexibility index (Phi) is 4.29. The first-order chi connectivity index (χ1) is 15.0. The number of nitrogens with one attached hydrogen (secondary N) is 2. The minimum absolute atomic E-state index is 0.0731. The molecule has 3 aromatic heterocycles. The maximum atomic E-state index is 6.05. The van der Waals surface area contributed by atoms with Crippen LogP contribution >= 0.6 is 0 Å². The number of fused-ring (bicyclic) bond motifs is 2. The van der Waals surface area contributed by atoms with Crippen LogP contribution in [0.25, 0.3) is 21.8 Å². The number of hydrogen-bond donors (Lipinski definition) is 5. The van der Waals surface area contributed by atoms with E-state index in [0.717, 1.165) is 33.2 Å².